The molecule has 0 bridgehead atoms. The van der Waals surface area contributed by atoms with Crippen LogP contribution in [0.5, 0.6) is 0 Å². The summed E-state index contributed by atoms with van der Waals surface area (Å²) >= 11 is 3.22. The molecule has 7 nitrogen and oxygen atoms in total. The van der Waals surface area contributed by atoms with Gasteiger partial charge in [0.25, 0.3) is 0 Å². The number of hydrogen-bond acceptors (Lipinski definition) is 7. The van der Waals surface area contributed by atoms with Crippen LogP contribution >= 0.6 is 23.1 Å². The van der Waals surface area contributed by atoms with Gasteiger partial charge in [0.15, 0.2) is 10.8 Å². The molecule has 0 atom stereocenters. The van der Waals surface area contributed by atoms with Gasteiger partial charge in [0.1, 0.15) is 11.2 Å². The standard InChI is InChI=1S/C17H19N5O2S2/c23-13(21-5-7-24-8-6-21)9-25-17-20-19-15-14-11-3-1-2-4-12(11)26-16(14)18-10-22(15)17/h10H,1-9H2. The highest BCUT2D eigenvalue weighted by Crippen LogP contribution is 2.37. The van der Waals surface area contributed by atoms with Crippen molar-refractivity contribution in [3.05, 3.63) is 16.8 Å². The molecule has 1 aliphatic carbocycles. The van der Waals surface area contributed by atoms with E-state index < -0.39 is 0 Å². The number of morpholine rings is 1. The molecule has 0 unspecified atom stereocenters. The maximum atomic E-state index is 12.4. The van der Waals surface area contributed by atoms with Crippen LogP contribution in [0, 0.1) is 0 Å². The van der Waals surface area contributed by atoms with Gasteiger partial charge in [0.2, 0.25) is 5.91 Å². The van der Waals surface area contributed by atoms with E-state index in [0.717, 1.165) is 33.9 Å². The fraction of sp³-hybridized carbons (Fsp3) is 0.529. The molecule has 0 saturated carbocycles. The van der Waals surface area contributed by atoms with Gasteiger partial charge in [-0.25, -0.2) is 4.98 Å². The van der Waals surface area contributed by atoms with E-state index >= 15 is 0 Å². The van der Waals surface area contributed by atoms with Gasteiger partial charge in [0.05, 0.1) is 24.4 Å². The molecule has 0 N–H and O–H groups in total. The molecular weight excluding hydrogens is 370 g/mol. The lowest BCUT2D eigenvalue weighted by Crippen LogP contribution is -2.41. The predicted molar refractivity (Wildman–Crippen MR) is 101 cm³/mol. The highest BCUT2D eigenvalue weighted by Gasteiger charge is 2.22. The van der Waals surface area contributed by atoms with Crippen molar-refractivity contribution >= 4 is 44.9 Å². The number of hydrogen-bond donors (Lipinski definition) is 0. The van der Waals surface area contributed by atoms with E-state index in [-0.39, 0.29) is 5.91 Å². The van der Waals surface area contributed by atoms with E-state index in [4.69, 9.17) is 4.74 Å². The van der Waals surface area contributed by atoms with E-state index in [1.54, 1.807) is 17.7 Å². The quantitative estimate of drug-likeness (QED) is 0.639. The Labute approximate surface area is 158 Å². The predicted octanol–water partition coefficient (Wildman–Crippen LogP) is 2.17. The monoisotopic (exact) mass is 389 g/mol. The first kappa shape index (κ1) is 16.5. The zero-order valence-corrected chi connectivity index (χ0v) is 15.9. The van der Waals surface area contributed by atoms with Gasteiger partial charge in [0, 0.05) is 18.0 Å². The average Bonchev–Trinajstić information content (AvgIpc) is 3.27. The molecule has 0 spiro atoms. The van der Waals surface area contributed by atoms with Crippen LogP contribution in [0.2, 0.25) is 0 Å². The summed E-state index contributed by atoms with van der Waals surface area (Å²) in [6, 6.07) is 0. The second-order valence-electron chi connectivity index (χ2n) is 6.59. The summed E-state index contributed by atoms with van der Waals surface area (Å²) in [5.74, 6) is 0.484. The Kier molecular flexibility index (Phi) is 4.30. The van der Waals surface area contributed by atoms with Crippen molar-refractivity contribution in [3.63, 3.8) is 0 Å². The topological polar surface area (TPSA) is 72.6 Å². The molecule has 1 aliphatic heterocycles. The minimum absolute atomic E-state index is 0.122. The van der Waals surface area contributed by atoms with E-state index in [2.05, 4.69) is 15.2 Å². The summed E-state index contributed by atoms with van der Waals surface area (Å²) in [6.07, 6.45) is 6.52. The van der Waals surface area contributed by atoms with Gasteiger partial charge in [-0.1, -0.05) is 11.8 Å². The lowest BCUT2D eigenvalue weighted by molar-refractivity contribution is -0.132. The molecule has 3 aromatic heterocycles. The number of carbonyl (C=O) groups is 1. The molecule has 136 valence electrons. The van der Waals surface area contributed by atoms with Crippen LogP contribution in [0.15, 0.2) is 11.5 Å². The van der Waals surface area contributed by atoms with Gasteiger partial charge in [-0.2, -0.15) is 0 Å². The molecule has 9 heteroatoms. The zero-order valence-electron chi connectivity index (χ0n) is 14.3. The molecular formula is C17H19N5O2S2. The Balaban J connectivity index is 1.43. The van der Waals surface area contributed by atoms with Gasteiger partial charge in [-0.15, -0.1) is 21.5 Å². The van der Waals surface area contributed by atoms with Crippen molar-refractivity contribution in [1.29, 1.82) is 0 Å². The molecule has 4 heterocycles. The number of carbonyl (C=O) groups excluding carboxylic acids is 1. The smallest absolute Gasteiger partial charge is 0.233 e. The van der Waals surface area contributed by atoms with Gasteiger partial charge in [-0.3, -0.25) is 9.20 Å². The number of nitrogens with zero attached hydrogens (tertiary/aromatic N) is 5. The minimum atomic E-state index is 0.122. The summed E-state index contributed by atoms with van der Waals surface area (Å²) in [7, 11) is 0. The number of ether oxygens (including phenoxy) is 1. The minimum Gasteiger partial charge on any atom is -0.378 e. The lowest BCUT2D eigenvalue weighted by atomic mass is 9.97. The van der Waals surface area contributed by atoms with Crippen molar-refractivity contribution in [3.8, 4) is 0 Å². The van der Waals surface area contributed by atoms with Gasteiger partial charge in [-0.05, 0) is 31.2 Å². The highest BCUT2D eigenvalue weighted by molar-refractivity contribution is 7.99. The summed E-state index contributed by atoms with van der Waals surface area (Å²) in [5.41, 5.74) is 2.28. The van der Waals surface area contributed by atoms with Crippen LogP contribution in [-0.4, -0.2) is 62.4 Å². The van der Waals surface area contributed by atoms with Gasteiger partial charge < -0.3 is 9.64 Å². The van der Waals surface area contributed by atoms with E-state index in [1.165, 1.54) is 35.0 Å². The summed E-state index contributed by atoms with van der Waals surface area (Å²) in [5, 5.41) is 10.7. The molecule has 5 rings (SSSR count). The normalized spacial score (nSPS) is 17.8. The van der Waals surface area contributed by atoms with E-state index in [0.29, 0.717) is 32.1 Å². The number of thiophene rings is 1. The molecule has 0 aromatic carbocycles. The number of thioether (sulfide) groups is 1. The van der Waals surface area contributed by atoms with E-state index in [1.807, 2.05) is 9.30 Å². The van der Waals surface area contributed by atoms with Crippen molar-refractivity contribution < 1.29 is 9.53 Å². The Morgan fingerprint density at radius 1 is 1.23 bits per heavy atom. The van der Waals surface area contributed by atoms with Crippen molar-refractivity contribution in [1.82, 2.24) is 24.5 Å². The van der Waals surface area contributed by atoms with Gasteiger partial charge >= 0.3 is 0 Å². The third-order valence-electron chi connectivity index (χ3n) is 5.02. The summed E-state index contributed by atoms with van der Waals surface area (Å²) < 4.78 is 7.23. The van der Waals surface area contributed by atoms with Crippen LogP contribution in [0.4, 0.5) is 0 Å². The molecule has 1 saturated heterocycles. The first-order valence-electron chi connectivity index (χ1n) is 8.93. The Hall–Kier alpha value is -1.71. The number of aromatic nitrogens is 4. The summed E-state index contributed by atoms with van der Waals surface area (Å²) in [6.45, 7) is 2.58. The lowest BCUT2D eigenvalue weighted by Gasteiger charge is -2.26. The van der Waals surface area contributed by atoms with Crippen LogP contribution in [-0.2, 0) is 22.4 Å². The maximum Gasteiger partial charge on any atom is 0.233 e. The van der Waals surface area contributed by atoms with Crippen LogP contribution in [0.1, 0.15) is 23.3 Å². The molecule has 0 radical (unpaired) electrons. The second-order valence-corrected chi connectivity index (χ2v) is 8.62. The number of amides is 1. The zero-order chi connectivity index (χ0) is 17.5. The molecule has 1 amide bonds. The van der Waals surface area contributed by atoms with Crippen molar-refractivity contribution in [2.24, 2.45) is 0 Å². The fourth-order valence-electron chi connectivity index (χ4n) is 3.66. The fourth-order valence-corrected chi connectivity index (χ4v) is 5.69. The third-order valence-corrected chi connectivity index (χ3v) is 7.15. The molecule has 2 aliphatic rings. The largest absolute Gasteiger partial charge is 0.378 e. The Morgan fingerprint density at radius 2 is 2.08 bits per heavy atom. The molecule has 26 heavy (non-hydrogen) atoms. The van der Waals surface area contributed by atoms with Crippen LogP contribution < -0.4 is 0 Å². The highest BCUT2D eigenvalue weighted by atomic mass is 32.2. The van der Waals surface area contributed by atoms with Crippen molar-refractivity contribution in [2.75, 3.05) is 32.1 Å². The van der Waals surface area contributed by atoms with E-state index in [9.17, 15) is 4.79 Å². The first-order chi connectivity index (χ1) is 12.8. The Morgan fingerprint density at radius 3 is 2.96 bits per heavy atom. The number of aryl methyl sites for hydroxylation is 2. The third kappa shape index (κ3) is 2.78. The summed E-state index contributed by atoms with van der Waals surface area (Å²) in [4.78, 5) is 21.4. The SMILES string of the molecule is O=C(CSc1nnc2c3c4c(sc3ncn12)CCCC4)N1CCOCC1. The van der Waals surface area contributed by atoms with Crippen LogP contribution in [0.25, 0.3) is 15.9 Å². The first-order valence-corrected chi connectivity index (χ1v) is 10.7. The second kappa shape index (κ2) is 6.79. The number of rotatable bonds is 3. The van der Waals surface area contributed by atoms with Crippen LogP contribution in [0.3, 0.4) is 0 Å². The Bertz CT molecular complexity index is 977. The molecule has 3 aromatic rings. The number of fused-ring (bicyclic) bond motifs is 5. The van der Waals surface area contributed by atoms with Crippen molar-refractivity contribution in [2.45, 2.75) is 30.8 Å². The average molecular weight is 390 g/mol. The maximum absolute atomic E-state index is 12.4. The molecule has 1 fully saturated rings.